The molecule has 2 aromatic carbocycles. The van der Waals surface area contributed by atoms with E-state index in [2.05, 4.69) is 0 Å². The maximum Gasteiger partial charge on any atom is 0.263 e. The quantitative estimate of drug-likeness (QED) is 0.854. The Bertz CT molecular complexity index is 633. The molecule has 4 nitrogen and oxygen atoms in total. The Morgan fingerprint density at radius 3 is 2.61 bits per heavy atom. The number of aliphatic hydroxyl groups excluding tert-OH is 1. The molecule has 1 atom stereocenters. The molecule has 0 spiro atoms. The first-order valence-electron chi connectivity index (χ1n) is 7.46. The van der Waals surface area contributed by atoms with Crippen LogP contribution in [0.1, 0.15) is 12.5 Å². The van der Waals surface area contributed by atoms with Crippen LogP contribution in [0.3, 0.4) is 0 Å². The van der Waals surface area contributed by atoms with E-state index >= 15 is 0 Å². The first-order valence-corrected chi connectivity index (χ1v) is 7.46. The molecule has 1 N–H and O–H groups in total. The van der Waals surface area contributed by atoms with Crippen LogP contribution in [0.2, 0.25) is 0 Å². The number of nitrogens with zero attached hydrogens (tertiary/aromatic N) is 1. The zero-order valence-electron chi connectivity index (χ0n) is 13.0. The highest BCUT2D eigenvalue weighted by atomic mass is 19.1. The van der Waals surface area contributed by atoms with Crippen molar-refractivity contribution in [2.75, 3.05) is 13.2 Å². The van der Waals surface area contributed by atoms with Crippen LogP contribution in [-0.4, -0.2) is 35.2 Å². The standard InChI is InChI=1S/C18H20FNO3/c1-14(23-17-9-5-8-16(19)12-17)18(22)20(10-11-21)13-15-6-3-2-4-7-15/h2-9,12,14,21H,10-11,13H2,1H3. The minimum Gasteiger partial charge on any atom is -0.481 e. The Hall–Kier alpha value is -2.40. The summed E-state index contributed by atoms with van der Waals surface area (Å²) in [6.07, 6.45) is -0.771. The summed E-state index contributed by atoms with van der Waals surface area (Å²) in [5.74, 6) is -0.375. The third kappa shape index (κ3) is 5.07. The van der Waals surface area contributed by atoms with Gasteiger partial charge in [-0.25, -0.2) is 4.39 Å². The van der Waals surface area contributed by atoms with Crippen molar-refractivity contribution in [2.45, 2.75) is 19.6 Å². The van der Waals surface area contributed by atoms with Gasteiger partial charge in [0, 0.05) is 19.2 Å². The van der Waals surface area contributed by atoms with Gasteiger partial charge in [-0.3, -0.25) is 4.79 Å². The molecule has 0 fully saturated rings. The van der Waals surface area contributed by atoms with E-state index in [1.54, 1.807) is 13.0 Å². The molecule has 1 amide bonds. The second-order valence-electron chi connectivity index (χ2n) is 5.19. The lowest BCUT2D eigenvalue weighted by molar-refractivity contribution is -0.139. The first-order chi connectivity index (χ1) is 11.1. The van der Waals surface area contributed by atoms with E-state index in [1.165, 1.54) is 23.1 Å². The predicted molar refractivity (Wildman–Crippen MR) is 85.4 cm³/mol. The summed E-state index contributed by atoms with van der Waals surface area (Å²) in [5, 5.41) is 9.19. The molecule has 0 bridgehead atoms. The topological polar surface area (TPSA) is 49.8 Å². The fraction of sp³-hybridized carbons (Fsp3) is 0.278. The molecule has 2 rings (SSSR count). The van der Waals surface area contributed by atoms with Crippen LogP contribution >= 0.6 is 0 Å². The average molecular weight is 317 g/mol. The Balaban J connectivity index is 2.04. The molecule has 0 aliphatic heterocycles. The Morgan fingerprint density at radius 2 is 1.96 bits per heavy atom. The lowest BCUT2D eigenvalue weighted by atomic mass is 10.2. The molecule has 0 aromatic heterocycles. The highest BCUT2D eigenvalue weighted by Crippen LogP contribution is 2.15. The van der Waals surface area contributed by atoms with E-state index in [4.69, 9.17) is 4.74 Å². The maximum atomic E-state index is 13.2. The molecule has 0 heterocycles. The van der Waals surface area contributed by atoms with Crippen molar-refractivity contribution < 1.29 is 19.0 Å². The summed E-state index contributed by atoms with van der Waals surface area (Å²) in [5.41, 5.74) is 0.965. The smallest absolute Gasteiger partial charge is 0.263 e. The van der Waals surface area contributed by atoms with Gasteiger partial charge in [0.05, 0.1) is 6.61 Å². The van der Waals surface area contributed by atoms with Gasteiger partial charge in [0.25, 0.3) is 5.91 Å². The van der Waals surface area contributed by atoms with Gasteiger partial charge in [0.2, 0.25) is 0 Å². The minimum atomic E-state index is -0.771. The molecule has 0 aliphatic carbocycles. The molecule has 0 saturated heterocycles. The van der Waals surface area contributed by atoms with Crippen molar-refractivity contribution in [1.82, 2.24) is 4.90 Å². The van der Waals surface area contributed by atoms with E-state index in [1.807, 2.05) is 30.3 Å². The fourth-order valence-electron chi connectivity index (χ4n) is 2.24. The van der Waals surface area contributed by atoms with Crippen LogP contribution in [0.4, 0.5) is 4.39 Å². The van der Waals surface area contributed by atoms with E-state index in [0.29, 0.717) is 12.3 Å². The van der Waals surface area contributed by atoms with Gasteiger partial charge in [-0.15, -0.1) is 0 Å². The normalized spacial score (nSPS) is 11.8. The number of carbonyl (C=O) groups is 1. The first kappa shape index (κ1) is 17.0. The van der Waals surface area contributed by atoms with E-state index in [0.717, 1.165) is 5.56 Å². The Morgan fingerprint density at radius 1 is 1.22 bits per heavy atom. The van der Waals surface area contributed by atoms with Crippen molar-refractivity contribution in [3.8, 4) is 5.75 Å². The van der Waals surface area contributed by atoms with E-state index in [9.17, 15) is 14.3 Å². The third-order valence-electron chi connectivity index (χ3n) is 3.35. The summed E-state index contributed by atoms with van der Waals surface area (Å²) in [6.45, 7) is 2.08. The SMILES string of the molecule is CC(Oc1cccc(F)c1)C(=O)N(CCO)Cc1ccccc1. The van der Waals surface area contributed by atoms with Crippen LogP contribution in [0.15, 0.2) is 54.6 Å². The Kier molecular flexibility index (Phi) is 6.11. The summed E-state index contributed by atoms with van der Waals surface area (Å²) in [4.78, 5) is 14.0. The molecular formula is C18H20FNO3. The fourth-order valence-corrected chi connectivity index (χ4v) is 2.24. The predicted octanol–water partition coefficient (Wildman–Crippen LogP) is 2.61. The number of benzene rings is 2. The molecule has 122 valence electrons. The monoisotopic (exact) mass is 317 g/mol. The van der Waals surface area contributed by atoms with Crippen molar-refractivity contribution in [1.29, 1.82) is 0 Å². The lowest BCUT2D eigenvalue weighted by Crippen LogP contribution is -2.41. The van der Waals surface area contributed by atoms with Gasteiger partial charge in [-0.1, -0.05) is 36.4 Å². The van der Waals surface area contributed by atoms with Crippen molar-refractivity contribution in [3.05, 3.63) is 66.0 Å². The second kappa shape index (κ2) is 8.29. The number of hydrogen-bond acceptors (Lipinski definition) is 3. The van der Waals surface area contributed by atoms with Gasteiger partial charge in [0.1, 0.15) is 11.6 Å². The molecule has 0 aliphatic rings. The van der Waals surface area contributed by atoms with Gasteiger partial charge in [-0.2, -0.15) is 0 Å². The third-order valence-corrected chi connectivity index (χ3v) is 3.35. The molecule has 2 aromatic rings. The molecule has 0 radical (unpaired) electrons. The summed E-state index contributed by atoms with van der Waals surface area (Å²) < 4.78 is 18.7. The number of ether oxygens (including phenoxy) is 1. The summed E-state index contributed by atoms with van der Waals surface area (Å²) in [6, 6.07) is 15.2. The van der Waals surface area contributed by atoms with E-state index < -0.39 is 11.9 Å². The maximum absolute atomic E-state index is 13.2. The number of rotatable bonds is 7. The van der Waals surface area contributed by atoms with Gasteiger partial charge in [0.15, 0.2) is 6.10 Å². The number of carbonyl (C=O) groups excluding carboxylic acids is 1. The molecule has 5 heteroatoms. The second-order valence-corrected chi connectivity index (χ2v) is 5.19. The van der Waals surface area contributed by atoms with Crippen molar-refractivity contribution >= 4 is 5.91 Å². The number of hydrogen-bond donors (Lipinski definition) is 1. The van der Waals surface area contributed by atoms with Crippen LogP contribution in [0, 0.1) is 5.82 Å². The summed E-state index contributed by atoms with van der Waals surface area (Å²) in [7, 11) is 0. The van der Waals surface area contributed by atoms with Crippen LogP contribution in [0.5, 0.6) is 5.75 Å². The lowest BCUT2D eigenvalue weighted by Gasteiger charge is -2.25. The molecule has 23 heavy (non-hydrogen) atoms. The van der Waals surface area contributed by atoms with Crippen molar-refractivity contribution in [2.24, 2.45) is 0 Å². The Labute approximate surface area is 135 Å². The van der Waals surface area contributed by atoms with Crippen LogP contribution < -0.4 is 4.74 Å². The molecular weight excluding hydrogens is 297 g/mol. The van der Waals surface area contributed by atoms with Crippen LogP contribution in [0.25, 0.3) is 0 Å². The molecule has 0 saturated carbocycles. The largest absolute Gasteiger partial charge is 0.481 e. The van der Waals surface area contributed by atoms with Gasteiger partial charge in [-0.05, 0) is 24.6 Å². The number of aliphatic hydroxyl groups is 1. The zero-order chi connectivity index (χ0) is 16.7. The zero-order valence-corrected chi connectivity index (χ0v) is 13.0. The highest BCUT2D eigenvalue weighted by Gasteiger charge is 2.22. The van der Waals surface area contributed by atoms with Gasteiger partial charge >= 0.3 is 0 Å². The van der Waals surface area contributed by atoms with E-state index in [-0.39, 0.29) is 19.1 Å². The van der Waals surface area contributed by atoms with Crippen molar-refractivity contribution in [3.63, 3.8) is 0 Å². The number of halogens is 1. The molecule has 1 unspecified atom stereocenters. The average Bonchev–Trinajstić information content (AvgIpc) is 2.55. The number of amides is 1. The van der Waals surface area contributed by atoms with Crippen LogP contribution in [-0.2, 0) is 11.3 Å². The van der Waals surface area contributed by atoms with Gasteiger partial charge < -0.3 is 14.7 Å². The minimum absolute atomic E-state index is 0.134. The highest BCUT2D eigenvalue weighted by molar-refractivity contribution is 5.80. The summed E-state index contributed by atoms with van der Waals surface area (Å²) >= 11 is 0.